The van der Waals surface area contributed by atoms with Crippen molar-refractivity contribution in [3.8, 4) is 11.6 Å². The molecule has 20 heavy (non-hydrogen) atoms. The molecule has 0 spiro atoms. The molecule has 1 aliphatic rings. The zero-order chi connectivity index (χ0) is 13.9. The maximum Gasteiger partial charge on any atom is 0.223 e. The molecule has 1 heterocycles. The first-order valence-corrected chi connectivity index (χ1v) is 7.60. The van der Waals surface area contributed by atoms with E-state index in [1.165, 1.54) is 25.1 Å². The van der Waals surface area contributed by atoms with E-state index in [0.29, 0.717) is 24.2 Å². The maximum atomic E-state index is 13.3. The van der Waals surface area contributed by atoms with Gasteiger partial charge < -0.3 is 10.1 Å². The Balaban J connectivity index is 1.79. The van der Waals surface area contributed by atoms with Crippen molar-refractivity contribution in [2.24, 2.45) is 0 Å². The molecule has 1 N–H and O–H groups in total. The molecule has 104 valence electrons. The van der Waals surface area contributed by atoms with E-state index in [9.17, 15) is 4.39 Å². The van der Waals surface area contributed by atoms with E-state index >= 15 is 0 Å². The minimum absolute atomic E-state index is 0.340. The molecule has 0 aliphatic heterocycles. The van der Waals surface area contributed by atoms with Crippen molar-refractivity contribution in [2.75, 3.05) is 0 Å². The highest BCUT2D eigenvalue weighted by atomic mass is 127. The van der Waals surface area contributed by atoms with Crippen molar-refractivity contribution in [3.63, 3.8) is 0 Å². The lowest BCUT2D eigenvalue weighted by atomic mass is 10.2. The number of hydrogen-bond donors (Lipinski definition) is 1. The van der Waals surface area contributed by atoms with Crippen molar-refractivity contribution < 1.29 is 9.13 Å². The van der Waals surface area contributed by atoms with Crippen LogP contribution in [0.3, 0.4) is 0 Å². The van der Waals surface area contributed by atoms with Gasteiger partial charge in [-0.25, -0.2) is 9.37 Å². The zero-order valence-electron chi connectivity index (χ0n) is 10.8. The molecule has 1 fully saturated rings. The Labute approximate surface area is 130 Å². The van der Waals surface area contributed by atoms with Gasteiger partial charge in [0.1, 0.15) is 11.6 Å². The highest BCUT2D eigenvalue weighted by molar-refractivity contribution is 14.1. The second kappa shape index (κ2) is 6.05. The Hall–Kier alpha value is -1.21. The molecule has 0 unspecified atom stereocenters. The molecule has 0 saturated heterocycles. The first-order chi connectivity index (χ1) is 9.70. The van der Waals surface area contributed by atoms with Gasteiger partial charge in [-0.3, -0.25) is 0 Å². The number of nitrogens with one attached hydrogen (secondary N) is 1. The number of nitrogens with zero attached hydrogens (tertiary/aromatic N) is 1. The molecule has 0 amide bonds. The van der Waals surface area contributed by atoms with E-state index < -0.39 is 0 Å². The standard InChI is InChI=1S/C15H14FIN2O/c16-11-6-10(8-18-13-4-5-13)15(19-9-11)20-14-3-1-2-12(17)7-14/h1-3,6-7,9,13,18H,4-5,8H2. The summed E-state index contributed by atoms with van der Waals surface area (Å²) in [7, 11) is 0. The smallest absolute Gasteiger partial charge is 0.223 e. The minimum atomic E-state index is -0.340. The molecule has 5 heteroatoms. The van der Waals surface area contributed by atoms with Crippen molar-refractivity contribution in [1.29, 1.82) is 0 Å². The van der Waals surface area contributed by atoms with E-state index in [1.807, 2.05) is 24.3 Å². The van der Waals surface area contributed by atoms with Gasteiger partial charge in [0.2, 0.25) is 5.88 Å². The van der Waals surface area contributed by atoms with Gasteiger partial charge >= 0.3 is 0 Å². The Morgan fingerprint density at radius 1 is 1.35 bits per heavy atom. The summed E-state index contributed by atoms with van der Waals surface area (Å²) in [6.07, 6.45) is 3.56. The van der Waals surface area contributed by atoms with Crippen LogP contribution in [0, 0.1) is 9.39 Å². The van der Waals surface area contributed by atoms with Crippen molar-refractivity contribution in [2.45, 2.75) is 25.4 Å². The largest absolute Gasteiger partial charge is 0.439 e. The third kappa shape index (κ3) is 3.67. The van der Waals surface area contributed by atoms with Crippen LogP contribution in [0.15, 0.2) is 36.5 Å². The molecule has 3 nitrogen and oxygen atoms in total. The predicted octanol–water partition coefficient (Wildman–Crippen LogP) is 3.87. The predicted molar refractivity (Wildman–Crippen MR) is 83.3 cm³/mol. The summed E-state index contributed by atoms with van der Waals surface area (Å²) in [5.74, 6) is 0.831. The number of aromatic nitrogens is 1. The summed E-state index contributed by atoms with van der Waals surface area (Å²) in [5, 5.41) is 3.35. The van der Waals surface area contributed by atoms with E-state index in [0.717, 1.165) is 9.13 Å². The van der Waals surface area contributed by atoms with Crippen LogP contribution in [0.25, 0.3) is 0 Å². The van der Waals surface area contributed by atoms with Crippen LogP contribution in [-0.4, -0.2) is 11.0 Å². The Morgan fingerprint density at radius 2 is 2.20 bits per heavy atom. The summed E-state index contributed by atoms with van der Waals surface area (Å²) >= 11 is 2.22. The zero-order valence-corrected chi connectivity index (χ0v) is 12.9. The third-order valence-electron chi connectivity index (χ3n) is 3.06. The highest BCUT2D eigenvalue weighted by Crippen LogP contribution is 2.26. The van der Waals surface area contributed by atoms with Crippen LogP contribution >= 0.6 is 22.6 Å². The van der Waals surface area contributed by atoms with Gasteiger partial charge in [-0.15, -0.1) is 0 Å². The first kappa shape index (κ1) is 13.8. The molecule has 3 rings (SSSR count). The van der Waals surface area contributed by atoms with Crippen molar-refractivity contribution in [3.05, 3.63) is 51.5 Å². The summed E-state index contributed by atoms with van der Waals surface area (Å²) < 4.78 is 20.2. The summed E-state index contributed by atoms with van der Waals surface area (Å²) in [5.41, 5.74) is 0.746. The van der Waals surface area contributed by atoms with Crippen LogP contribution in [0.4, 0.5) is 4.39 Å². The average Bonchev–Trinajstić information content (AvgIpc) is 3.23. The number of pyridine rings is 1. The van der Waals surface area contributed by atoms with Crippen LogP contribution < -0.4 is 10.1 Å². The second-order valence-electron chi connectivity index (χ2n) is 4.83. The summed E-state index contributed by atoms with van der Waals surface area (Å²) in [6.45, 7) is 0.578. The maximum absolute atomic E-state index is 13.3. The van der Waals surface area contributed by atoms with Crippen LogP contribution in [0.2, 0.25) is 0 Å². The Bertz CT molecular complexity index is 617. The molecule has 1 saturated carbocycles. The monoisotopic (exact) mass is 384 g/mol. The topological polar surface area (TPSA) is 34.1 Å². The molecule has 1 aliphatic carbocycles. The fourth-order valence-electron chi connectivity index (χ4n) is 1.87. The molecular weight excluding hydrogens is 370 g/mol. The van der Waals surface area contributed by atoms with Crippen molar-refractivity contribution >= 4 is 22.6 Å². The van der Waals surface area contributed by atoms with Gasteiger partial charge in [0.25, 0.3) is 0 Å². The average molecular weight is 384 g/mol. The third-order valence-corrected chi connectivity index (χ3v) is 3.73. The highest BCUT2D eigenvalue weighted by Gasteiger charge is 2.21. The quantitative estimate of drug-likeness (QED) is 0.795. The van der Waals surface area contributed by atoms with Gasteiger partial charge in [-0.2, -0.15) is 0 Å². The fourth-order valence-corrected chi connectivity index (χ4v) is 2.39. The van der Waals surface area contributed by atoms with E-state index in [2.05, 4.69) is 32.9 Å². The summed E-state index contributed by atoms with van der Waals surface area (Å²) in [6, 6.07) is 9.73. The second-order valence-corrected chi connectivity index (χ2v) is 6.08. The van der Waals surface area contributed by atoms with Gasteiger partial charge in [-0.05, 0) is 59.7 Å². The van der Waals surface area contributed by atoms with Gasteiger partial charge in [0, 0.05) is 21.7 Å². The number of benzene rings is 1. The van der Waals surface area contributed by atoms with Crippen LogP contribution in [-0.2, 0) is 6.54 Å². The van der Waals surface area contributed by atoms with Gasteiger partial charge in [0.15, 0.2) is 0 Å². The van der Waals surface area contributed by atoms with Gasteiger partial charge in [-0.1, -0.05) is 6.07 Å². The lowest BCUT2D eigenvalue weighted by Crippen LogP contribution is -2.16. The molecule has 0 radical (unpaired) electrons. The molecule has 1 aromatic carbocycles. The lowest BCUT2D eigenvalue weighted by molar-refractivity contribution is 0.448. The van der Waals surface area contributed by atoms with Crippen molar-refractivity contribution in [1.82, 2.24) is 10.3 Å². The Kier molecular flexibility index (Phi) is 4.16. The molecule has 0 atom stereocenters. The number of ether oxygens (including phenoxy) is 1. The number of rotatable bonds is 5. The fraction of sp³-hybridized carbons (Fsp3) is 0.267. The Morgan fingerprint density at radius 3 is 2.95 bits per heavy atom. The molecule has 2 aromatic rings. The van der Waals surface area contributed by atoms with Gasteiger partial charge in [0.05, 0.1) is 6.20 Å². The SMILES string of the molecule is Fc1cnc(Oc2cccc(I)c2)c(CNC2CC2)c1. The number of halogens is 2. The first-order valence-electron chi connectivity index (χ1n) is 6.52. The lowest BCUT2D eigenvalue weighted by Gasteiger charge is -2.11. The van der Waals surface area contributed by atoms with Crippen LogP contribution in [0.5, 0.6) is 11.6 Å². The van der Waals surface area contributed by atoms with E-state index in [1.54, 1.807) is 0 Å². The summed E-state index contributed by atoms with van der Waals surface area (Å²) in [4.78, 5) is 4.06. The van der Waals surface area contributed by atoms with E-state index in [-0.39, 0.29) is 5.82 Å². The van der Waals surface area contributed by atoms with Crippen LogP contribution in [0.1, 0.15) is 18.4 Å². The molecular formula is C15H14FIN2O. The normalized spacial score (nSPS) is 14.3. The molecule has 1 aromatic heterocycles. The number of hydrogen-bond acceptors (Lipinski definition) is 3. The molecule has 0 bridgehead atoms. The minimum Gasteiger partial charge on any atom is -0.439 e. The van der Waals surface area contributed by atoms with E-state index in [4.69, 9.17) is 4.74 Å².